The van der Waals surface area contributed by atoms with Gasteiger partial charge in [0.1, 0.15) is 0 Å². The number of carbonyl (C=O) groups excluding carboxylic acids is 1. The predicted octanol–water partition coefficient (Wildman–Crippen LogP) is 1.88. The summed E-state index contributed by atoms with van der Waals surface area (Å²) in [5.41, 5.74) is -0.113. The van der Waals surface area contributed by atoms with Crippen LogP contribution in [0.4, 0.5) is 0 Å². The van der Waals surface area contributed by atoms with E-state index in [4.69, 9.17) is 0 Å². The standard InChI is InChI=1S/C13H26N2O/c1-5-6-13(7-8-14-10-13)12(16)15(4)9-11(2)3/h11,14H,5-10H2,1-4H3. The van der Waals surface area contributed by atoms with E-state index >= 15 is 0 Å². The van der Waals surface area contributed by atoms with Crippen molar-refractivity contribution in [1.82, 2.24) is 10.2 Å². The Morgan fingerprint density at radius 2 is 2.19 bits per heavy atom. The van der Waals surface area contributed by atoms with Gasteiger partial charge in [-0.1, -0.05) is 27.2 Å². The molecule has 1 N–H and O–H groups in total. The lowest BCUT2D eigenvalue weighted by molar-refractivity contribution is -0.140. The van der Waals surface area contributed by atoms with Crippen LogP contribution in [0.15, 0.2) is 0 Å². The molecule has 0 aromatic rings. The molecule has 1 aliphatic heterocycles. The van der Waals surface area contributed by atoms with Gasteiger partial charge in [-0.05, 0) is 25.3 Å². The van der Waals surface area contributed by atoms with Gasteiger partial charge >= 0.3 is 0 Å². The first-order valence-corrected chi connectivity index (χ1v) is 6.48. The van der Waals surface area contributed by atoms with Crippen LogP contribution < -0.4 is 5.32 Å². The maximum Gasteiger partial charge on any atom is 0.229 e. The van der Waals surface area contributed by atoms with Crippen LogP contribution in [0.25, 0.3) is 0 Å². The molecular formula is C13H26N2O. The van der Waals surface area contributed by atoms with Gasteiger partial charge < -0.3 is 10.2 Å². The smallest absolute Gasteiger partial charge is 0.229 e. The summed E-state index contributed by atoms with van der Waals surface area (Å²) in [4.78, 5) is 14.4. The highest BCUT2D eigenvalue weighted by molar-refractivity contribution is 5.83. The fraction of sp³-hybridized carbons (Fsp3) is 0.923. The largest absolute Gasteiger partial charge is 0.345 e. The Hall–Kier alpha value is -0.570. The van der Waals surface area contributed by atoms with E-state index in [1.165, 1.54) is 0 Å². The van der Waals surface area contributed by atoms with Crippen molar-refractivity contribution in [3.8, 4) is 0 Å². The van der Waals surface area contributed by atoms with Crippen LogP contribution in [-0.2, 0) is 4.79 Å². The average molecular weight is 226 g/mol. The van der Waals surface area contributed by atoms with E-state index in [0.29, 0.717) is 11.8 Å². The van der Waals surface area contributed by atoms with Gasteiger partial charge in [0, 0.05) is 20.1 Å². The van der Waals surface area contributed by atoms with E-state index in [1.54, 1.807) is 0 Å². The summed E-state index contributed by atoms with van der Waals surface area (Å²) in [6.45, 7) is 9.19. The fourth-order valence-corrected chi connectivity index (χ4v) is 2.76. The van der Waals surface area contributed by atoms with Gasteiger partial charge in [-0.15, -0.1) is 0 Å². The normalized spacial score (nSPS) is 25.1. The van der Waals surface area contributed by atoms with E-state index in [9.17, 15) is 4.79 Å². The van der Waals surface area contributed by atoms with E-state index in [-0.39, 0.29) is 5.41 Å². The molecule has 0 spiro atoms. The van der Waals surface area contributed by atoms with Crippen molar-refractivity contribution in [2.24, 2.45) is 11.3 Å². The molecule has 1 aliphatic rings. The van der Waals surface area contributed by atoms with Crippen molar-refractivity contribution in [3.05, 3.63) is 0 Å². The molecule has 0 aromatic heterocycles. The summed E-state index contributed by atoms with van der Waals surface area (Å²) in [6, 6.07) is 0. The Morgan fingerprint density at radius 3 is 2.62 bits per heavy atom. The third-order valence-electron chi connectivity index (χ3n) is 3.41. The number of nitrogens with one attached hydrogen (secondary N) is 1. The molecule has 3 heteroatoms. The van der Waals surface area contributed by atoms with Crippen molar-refractivity contribution >= 4 is 5.91 Å². The highest BCUT2D eigenvalue weighted by atomic mass is 16.2. The molecule has 1 atom stereocenters. The van der Waals surface area contributed by atoms with E-state index in [2.05, 4.69) is 26.1 Å². The van der Waals surface area contributed by atoms with E-state index < -0.39 is 0 Å². The molecule has 1 unspecified atom stereocenters. The van der Waals surface area contributed by atoms with Crippen LogP contribution in [0.3, 0.4) is 0 Å². The van der Waals surface area contributed by atoms with E-state index in [0.717, 1.165) is 38.9 Å². The molecule has 16 heavy (non-hydrogen) atoms. The minimum absolute atomic E-state index is 0.113. The first-order valence-electron chi connectivity index (χ1n) is 6.48. The second-order valence-corrected chi connectivity index (χ2v) is 5.54. The Labute approximate surface area is 99.6 Å². The first kappa shape index (κ1) is 13.5. The third-order valence-corrected chi connectivity index (χ3v) is 3.41. The molecule has 1 saturated heterocycles. The van der Waals surface area contributed by atoms with Crippen LogP contribution in [0.5, 0.6) is 0 Å². The molecular weight excluding hydrogens is 200 g/mol. The van der Waals surface area contributed by atoms with Crippen LogP contribution in [-0.4, -0.2) is 37.5 Å². The molecule has 0 aromatic carbocycles. The quantitative estimate of drug-likeness (QED) is 0.776. The Kier molecular flexibility index (Phi) is 4.78. The Bertz CT molecular complexity index is 232. The molecule has 1 heterocycles. The number of amides is 1. The van der Waals surface area contributed by atoms with Gasteiger partial charge in [0.15, 0.2) is 0 Å². The maximum absolute atomic E-state index is 12.5. The third kappa shape index (κ3) is 2.97. The maximum atomic E-state index is 12.5. The summed E-state index contributed by atoms with van der Waals surface area (Å²) < 4.78 is 0. The molecule has 0 aliphatic carbocycles. The number of hydrogen-bond donors (Lipinski definition) is 1. The van der Waals surface area contributed by atoms with Gasteiger partial charge in [0.2, 0.25) is 5.91 Å². The van der Waals surface area contributed by atoms with Crippen molar-refractivity contribution in [3.63, 3.8) is 0 Å². The summed E-state index contributed by atoms with van der Waals surface area (Å²) in [5, 5.41) is 3.34. The highest BCUT2D eigenvalue weighted by Gasteiger charge is 2.41. The topological polar surface area (TPSA) is 32.3 Å². The van der Waals surface area contributed by atoms with E-state index in [1.807, 2.05) is 11.9 Å². The van der Waals surface area contributed by atoms with Crippen LogP contribution in [0.2, 0.25) is 0 Å². The van der Waals surface area contributed by atoms with Crippen molar-refractivity contribution in [2.75, 3.05) is 26.7 Å². The number of hydrogen-bond acceptors (Lipinski definition) is 2. The number of rotatable bonds is 5. The molecule has 1 amide bonds. The summed E-state index contributed by atoms with van der Waals surface area (Å²) >= 11 is 0. The second-order valence-electron chi connectivity index (χ2n) is 5.54. The summed E-state index contributed by atoms with van der Waals surface area (Å²) in [5.74, 6) is 0.884. The first-order chi connectivity index (χ1) is 7.52. The minimum Gasteiger partial charge on any atom is -0.345 e. The minimum atomic E-state index is -0.113. The zero-order valence-electron chi connectivity index (χ0n) is 11.2. The Balaban J connectivity index is 2.67. The monoisotopic (exact) mass is 226 g/mol. The molecule has 0 radical (unpaired) electrons. The van der Waals surface area contributed by atoms with Crippen LogP contribution in [0, 0.1) is 11.3 Å². The second kappa shape index (κ2) is 5.67. The average Bonchev–Trinajstić information content (AvgIpc) is 2.66. The number of nitrogens with zero attached hydrogens (tertiary/aromatic N) is 1. The van der Waals surface area contributed by atoms with Crippen molar-refractivity contribution in [1.29, 1.82) is 0 Å². The zero-order valence-corrected chi connectivity index (χ0v) is 11.2. The van der Waals surface area contributed by atoms with Crippen LogP contribution >= 0.6 is 0 Å². The molecule has 1 rings (SSSR count). The summed E-state index contributed by atoms with van der Waals surface area (Å²) in [6.07, 6.45) is 3.10. The number of carbonyl (C=O) groups is 1. The SMILES string of the molecule is CCCC1(C(=O)N(C)CC(C)C)CCNC1. The van der Waals surface area contributed by atoms with Crippen LogP contribution in [0.1, 0.15) is 40.0 Å². The highest BCUT2D eigenvalue weighted by Crippen LogP contribution is 2.33. The molecule has 1 fully saturated rings. The van der Waals surface area contributed by atoms with Gasteiger partial charge in [-0.25, -0.2) is 0 Å². The van der Waals surface area contributed by atoms with Gasteiger partial charge in [-0.3, -0.25) is 4.79 Å². The van der Waals surface area contributed by atoms with Crippen molar-refractivity contribution in [2.45, 2.75) is 40.0 Å². The molecule has 3 nitrogen and oxygen atoms in total. The Morgan fingerprint density at radius 1 is 1.50 bits per heavy atom. The van der Waals surface area contributed by atoms with Gasteiger partial charge in [-0.2, -0.15) is 0 Å². The lowest BCUT2D eigenvalue weighted by Gasteiger charge is -2.32. The zero-order chi connectivity index (χ0) is 12.2. The lowest BCUT2D eigenvalue weighted by Crippen LogP contribution is -2.44. The molecule has 94 valence electrons. The fourth-order valence-electron chi connectivity index (χ4n) is 2.76. The van der Waals surface area contributed by atoms with Gasteiger partial charge in [0.25, 0.3) is 0 Å². The predicted molar refractivity (Wildman–Crippen MR) is 67.3 cm³/mol. The van der Waals surface area contributed by atoms with Gasteiger partial charge in [0.05, 0.1) is 5.41 Å². The summed E-state index contributed by atoms with van der Waals surface area (Å²) in [7, 11) is 1.94. The molecule has 0 saturated carbocycles. The molecule has 0 bridgehead atoms. The van der Waals surface area contributed by atoms with Crippen molar-refractivity contribution < 1.29 is 4.79 Å². The lowest BCUT2D eigenvalue weighted by atomic mass is 9.81.